The van der Waals surface area contributed by atoms with Crippen LogP contribution in [0.15, 0.2) is 30.7 Å². The summed E-state index contributed by atoms with van der Waals surface area (Å²) in [6.45, 7) is -1.47. The number of aromatic amines is 1. The molecular weight excluding hydrogens is 530 g/mol. The number of nitrogens with zero attached hydrogens (tertiary/aromatic N) is 4. The average Bonchev–Trinajstić information content (AvgIpc) is 3.20. The zero-order valence-corrected chi connectivity index (χ0v) is 20.9. The van der Waals surface area contributed by atoms with E-state index >= 15 is 0 Å². The van der Waals surface area contributed by atoms with E-state index in [1.807, 2.05) is 0 Å². The number of alkyl halides is 6. The van der Waals surface area contributed by atoms with Crippen LogP contribution in [0.3, 0.4) is 0 Å². The van der Waals surface area contributed by atoms with Gasteiger partial charge in [0.2, 0.25) is 0 Å². The van der Waals surface area contributed by atoms with Gasteiger partial charge in [-0.15, -0.1) is 0 Å². The van der Waals surface area contributed by atoms with Crippen LogP contribution in [0.2, 0.25) is 0 Å². The van der Waals surface area contributed by atoms with Gasteiger partial charge in [-0.25, -0.2) is 4.79 Å². The van der Waals surface area contributed by atoms with Gasteiger partial charge in [-0.3, -0.25) is 10.1 Å². The zero-order chi connectivity index (χ0) is 28.1. The molecule has 2 aliphatic carbocycles. The molecule has 4 heterocycles. The third kappa shape index (κ3) is 5.56. The highest BCUT2D eigenvalue weighted by Gasteiger charge is 2.65. The number of aromatic nitrogens is 4. The number of hydrogen-bond acceptors (Lipinski definition) is 4. The van der Waals surface area contributed by atoms with Crippen molar-refractivity contribution in [1.82, 2.24) is 24.6 Å². The molecule has 0 bridgehead atoms. The molecule has 0 radical (unpaired) electrons. The molecule has 3 fully saturated rings. The van der Waals surface area contributed by atoms with Crippen LogP contribution in [0.1, 0.15) is 51.4 Å². The third-order valence-electron chi connectivity index (χ3n) is 7.69. The number of H-pyrrole nitrogens is 1. The summed E-state index contributed by atoms with van der Waals surface area (Å²) in [4.78, 5) is 18.5. The number of pyridine rings is 1. The van der Waals surface area contributed by atoms with E-state index < -0.39 is 48.9 Å². The van der Waals surface area contributed by atoms with Gasteiger partial charge in [0, 0.05) is 42.7 Å². The van der Waals surface area contributed by atoms with Gasteiger partial charge < -0.3 is 19.9 Å². The molecule has 2 amide bonds. The zero-order valence-electron chi connectivity index (χ0n) is 20.9. The minimum atomic E-state index is -4.79. The molecule has 39 heavy (non-hydrogen) atoms. The van der Waals surface area contributed by atoms with Crippen molar-refractivity contribution in [3.8, 4) is 11.4 Å². The second-order valence-electron chi connectivity index (χ2n) is 10.5. The second-order valence-corrected chi connectivity index (χ2v) is 10.5. The predicted octanol–water partition coefficient (Wildman–Crippen LogP) is 6.00. The lowest BCUT2D eigenvalue weighted by Gasteiger charge is -2.45. The highest BCUT2D eigenvalue weighted by molar-refractivity contribution is 5.94. The summed E-state index contributed by atoms with van der Waals surface area (Å²) in [7, 11) is 0. The number of amides is 2. The highest BCUT2D eigenvalue weighted by atomic mass is 19.4. The molecule has 14 heteroatoms. The Morgan fingerprint density at radius 1 is 1.08 bits per heavy atom. The van der Waals surface area contributed by atoms with Crippen molar-refractivity contribution in [2.45, 2.75) is 81.4 Å². The number of hydrogen-bond donors (Lipinski definition) is 3. The lowest BCUT2D eigenvalue weighted by Crippen LogP contribution is -2.60. The minimum Gasteiger partial charge on any atom is -0.380 e. The van der Waals surface area contributed by atoms with Gasteiger partial charge in [-0.05, 0) is 25.0 Å². The largest absolute Gasteiger partial charge is 0.417 e. The predicted molar refractivity (Wildman–Crippen MR) is 130 cm³/mol. The van der Waals surface area contributed by atoms with Crippen LogP contribution in [0, 0.1) is 0 Å². The lowest BCUT2D eigenvalue weighted by molar-refractivity contribution is -0.277. The van der Waals surface area contributed by atoms with E-state index in [-0.39, 0.29) is 29.1 Å². The van der Waals surface area contributed by atoms with Gasteiger partial charge in [0.15, 0.2) is 5.60 Å². The van der Waals surface area contributed by atoms with E-state index in [9.17, 15) is 36.2 Å². The Bertz CT molecular complexity index is 1340. The second kappa shape index (κ2) is 9.72. The number of rotatable bonds is 3. The number of likely N-dealkylation sites (tertiary alicyclic amines) is 1. The number of carbonyl (C=O) groups excluding carboxylic acids is 1. The molecule has 1 saturated heterocycles. The smallest absolute Gasteiger partial charge is 0.380 e. The van der Waals surface area contributed by atoms with Gasteiger partial charge in [0.1, 0.15) is 12.2 Å². The Morgan fingerprint density at radius 3 is 2.36 bits per heavy atom. The quantitative estimate of drug-likeness (QED) is 0.343. The monoisotopic (exact) mass is 558 g/mol. The maximum absolute atomic E-state index is 13.3. The fourth-order valence-corrected chi connectivity index (χ4v) is 4.97. The van der Waals surface area contributed by atoms with E-state index in [0.29, 0.717) is 18.2 Å². The molecule has 3 aliphatic rings. The minimum absolute atomic E-state index is 0.170. The number of fused-ring (bicyclic) bond motifs is 1. The fourth-order valence-electron chi connectivity index (χ4n) is 4.97. The summed E-state index contributed by atoms with van der Waals surface area (Å²) in [5.41, 5.74) is -3.02. The van der Waals surface area contributed by atoms with E-state index in [4.69, 9.17) is 0 Å². The van der Waals surface area contributed by atoms with Crippen LogP contribution in [0.25, 0.3) is 22.3 Å². The summed E-state index contributed by atoms with van der Waals surface area (Å²) in [5.74, 6) is 0. The van der Waals surface area contributed by atoms with Crippen LogP contribution in [0.4, 0.5) is 36.8 Å². The van der Waals surface area contributed by atoms with Crippen molar-refractivity contribution in [3.05, 3.63) is 30.7 Å². The van der Waals surface area contributed by atoms with Gasteiger partial charge in [0.25, 0.3) is 0 Å². The third-order valence-corrected chi connectivity index (χ3v) is 7.69. The van der Waals surface area contributed by atoms with Gasteiger partial charge >= 0.3 is 18.4 Å². The van der Waals surface area contributed by atoms with Crippen LogP contribution in [-0.2, 0) is 6.54 Å². The number of nitrogens with one attached hydrogen (secondary N) is 2. The first-order valence-electron chi connectivity index (χ1n) is 12.7. The molecule has 1 atom stereocenters. The average molecular weight is 559 g/mol. The van der Waals surface area contributed by atoms with Crippen molar-refractivity contribution >= 4 is 22.6 Å². The van der Waals surface area contributed by atoms with E-state index in [2.05, 4.69) is 20.5 Å². The van der Waals surface area contributed by atoms with E-state index in [1.54, 1.807) is 0 Å². The molecule has 1 unspecified atom stereocenters. The Morgan fingerprint density at radius 2 is 1.77 bits per heavy atom. The molecule has 3 aromatic rings. The molecular formula is C25H28F6N6O2. The summed E-state index contributed by atoms with van der Waals surface area (Å²) < 4.78 is 79.7. The summed E-state index contributed by atoms with van der Waals surface area (Å²) in [5, 5.41) is 19.8. The van der Waals surface area contributed by atoms with Crippen molar-refractivity contribution in [3.63, 3.8) is 0 Å². The Kier molecular flexibility index (Phi) is 6.80. The molecule has 8 nitrogen and oxygen atoms in total. The number of anilines is 1. The molecule has 1 spiro atoms. The molecule has 1 aliphatic heterocycles. The number of aliphatic hydroxyl groups is 1. The first-order chi connectivity index (χ1) is 18.3. The highest BCUT2D eigenvalue weighted by Crippen LogP contribution is 2.55. The maximum Gasteiger partial charge on any atom is 0.417 e. The summed E-state index contributed by atoms with van der Waals surface area (Å²) in [6, 6.07) is 2.27. The van der Waals surface area contributed by atoms with E-state index in [1.165, 1.54) is 61.3 Å². The Balaban J connectivity index is 0.000000707. The summed E-state index contributed by atoms with van der Waals surface area (Å²) >= 11 is 0. The van der Waals surface area contributed by atoms with Crippen molar-refractivity contribution in [2.75, 3.05) is 11.9 Å². The number of piperidine rings is 1. The Hall–Kier alpha value is -3.29. The number of urea groups is 1. The number of carbonyl (C=O) groups is 1. The molecule has 3 aromatic heterocycles. The van der Waals surface area contributed by atoms with Crippen molar-refractivity contribution in [2.24, 2.45) is 0 Å². The van der Waals surface area contributed by atoms with Crippen LogP contribution in [0.5, 0.6) is 0 Å². The molecule has 6 rings (SSSR count). The SMILES string of the molecule is C1CCC1.O=C(Nc1cn[nH]c1-c1cc2c(ccn2CC(F)(F)F)cn1)N1CCC(O)(C(F)(F)F)CC12CC2. The number of halogens is 6. The van der Waals surface area contributed by atoms with Crippen LogP contribution in [-0.4, -0.2) is 65.8 Å². The fraction of sp³-hybridized carbons (Fsp3) is 0.560. The first-order valence-corrected chi connectivity index (χ1v) is 12.7. The van der Waals surface area contributed by atoms with Gasteiger partial charge in [-0.2, -0.15) is 31.4 Å². The molecule has 3 N–H and O–H groups in total. The first kappa shape index (κ1) is 27.3. The van der Waals surface area contributed by atoms with Crippen molar-refractivity contribution < 1.29 is 36.2 Å². The van der Waals surface area contributed by atoms with Crippen molar-refractivity contribution in [1.29, 1.82) is 0 Å². The van der Waals surface area contributed by atoms with Crippen LogP contribution < -0.4 is 5.32 Å². The Labute approximate surface area is 219 Å². The normalized spacial score (nSPS) is 22.3. The summed E-state index contributed by atoms with van der Waals surface area (Å²) in [6.07, 6.45) is 0.200. The standard InChI is InChI=1S/C21H20F6N6O2.C4H8/c22-20(23,24)11-32-5-1-12-8-28-13(7-15(12)32)16-14(9-29-31-16)30-17(34)33-6-4-19(35,21(25,26)27)10-18(33)2-3-18;1-2-4-3-1/h1,5,7-9,35H,2-4,6,10-11H2,(H,29,31)(H,30,34);1-4H2. The lowest BCUT2D eigenvalue weighted by atomic mass is 9.84. The van der Waals surface area contributed by atoms with Gasteiger partial charge in [-0.1, -0.05) is 25.7 Å². The van der Waals surface area contributed by atoms with Gasteiger partial charge in [0.05, 0.1) is 23.1 Å². The van der Waals surface area contributed by atoms with E-state index in [0.717, 1.165) is 4.57 Å². The maximum atomic E-state index is 13.3. The molecule has 212 valence electrons. The molecule has 0 aromatic carbocycles. The van der Waals surface area contributed by atoms with Crippen LogP contribution >= 0.6 is 0 Å². The topological polar surface area (TPSA) is 99.1 Å². The molecule has 2 saturated carbocycles.